The van der Waals surface area contributed by atoms with E-state index in [1.807, 2.05) is 6.92 Å². The summed E-state index contributed by atoms with van der Waals surface area (Å²) >= 11 is 0. The summed E-state index contributed by atoms with van der Waals surface area (Å²) in [5.74, 6) is -1.92. The normalized spacial score (nSPS) is 18.7. The largest absolute Gasteiger partial charge is 0.478 e. The molecule has 1 aromatic carbocycles. The van der Waals surface area contributed by atoms with Crippen LogP contribution in [0.2, 0.25) is 0 Å². The van der Waals surface area contributed by atoms with Crippen molar-refractivity contribution in [2.75, 3.05) is 17.2 Å². The highest BCUT2D eigenvalue weighted by molar-refractivity contribution is 7.89. The molecule has 1 aliphatic rings. The monoisotopic (exact) mass is 326 g/mol. The van der Waals surface area contributed by atoms with Crippen molar-refractivity contribution in [3.05, 3.63) is 29.3 Å². The third-order valence-electron chi connectivity index (χ3n) is 3.68. The van der Waals surface area contributed by atoms with Crippen LogP contribution in [0.25, 0.3) is 0 Å². The number of carbonyl (C=O) groups excluding carboxylic acids is 1. The molecule has 0 saturated carbocycles. The summed E-state index contributed by atoms with van der Waals surface area (Å²) in [6.07, 6.45) is 0.732. The van der Waals surface area contributed by atoms with E-state index in [0.717, 1.165) is 5.56 Å². The van der Waals surface area contributed by atoms with E-state index in [-0.39, 0.29) is 36.1 Å². The predicted molar refractivity (Wildman–Crippen MR) is 81.2 cm³/mol. The average Bonchev–Trinajstić information content (AvgIpc) is 2.76. The number of carboxylic acids is 1. The number of hydrogen-bond acceptors (Lipinski definition) is 4. The number of aromatic carboxylic acids is 1. The van der Waals surface area contributed by atoms with Crippen molar-refractivity contribution in [2.24, 2.45) is 11.1 Å². The molecule has 3 N–H and O–H groups in total. The number of rotatable bonds is 5. The summed E-state index contributed by atoms with van der Waals surface area (Å²) in [7, 11) is -3.65. The summed E-state index contributed by atoms with van der Waals surface area (Å²) in [5.41, 5.74) is 1.47. The molecule has 1 aromatic rings. The molecule has 120 valence electrons. The van der Waals surface area contributed by atoms with Gasteiger partial charge < -0.3 is 10.0 Å². The molecule has 0 radical (unpaired) electrons. The van der Waals surface area contributed by atoms with E-state index in [9.17, 15) is 18.0 Å². The van der Waals surface area contributed by atoms with Crippen LogP contribution >= 0.6 is 0 Å². The van der Waals surface area contributed by atoms with Crippen LogP contribution in [0.5, 0.6) is 0 Å². The Hall–Kier alpha value is -1.93. The zero-order valence-corrected chi connectivity index (χ0v) is 13.0. The van der Waals surface area contributed by atoms with Crippen LogP contribution in [0.15, 0.2) is 18.2 Å². The Kier molecular flexibility index (Phi) is 4.52. The number of carboxylic acid groups (broad SMARTS) is 1. The molecule has 1 heterocycles. The molecule has 2 rings (SSSR count). The lowest BCUT2D eigenvalue weighted by Crippen LogP contribution is -2.28. The summed E-state index contributed by atoms with van der Waals surface area (Å²) < 4.78 is 22.3. The number of anilines is 1. The molecular weight excluding hydrogens is 308 g/mol. The molecule has 1 unspecified atom stereocenters. The zero-order valence-electron chi connectivity index (χ0n) is 12.2. The van der Waals surface area contributed by atoms with Gasteiger partial charge in [0.25, 0.3) is 0 Å². The number of benzene rings is 1. The van der Waals surface area contributed by atoms with E-state index in [1.54, 1.807) is 6.07 Å². The van der Waals surface area contributed by atoms with Gasteiger partial charge in [-0.25, -0.2) is 18.4 Å². The van der Waals surface area contributed by atoms with Gasteiger partial charge in [-0.15, -0.1) is 0 Å². The number of nitrogens with two attached hydrogens (primary N) is 1. The van der Waals surface area contributed by atoms with E-state index >= 15 is 0 Å². The molecule has 7 nitrogen and oxygen atoms in total. The second-order valence-electron chi connectivity index (χ2n) is 5.41. The number of hydrogen-bond donors (Lipinski definition) is 2. The summed E-state index contributed by atoms with van der Waals surface area (Å²) in [6.45, 7) is 2.13. The van der Waals surface area contributed by atoms with Crippen molar-refractivity contribution in [1.29, 1.82) is 0 Å². The molecule has 0 spiro atoms. The van der Waals surface area contributed by atoms with Gasteiger partial charge in [0.1, 0.15) is 0 Å². The second kappa shape index (κ2) is 6.05. The Labute approximate surface area is 128 Å². The first-order valence-electron chi connectivity index (χ1n) is 6.88. The van der Waals surface area contributed by atoms with Crippen LogP contribution in [-0.4, -0.2) is 37.7 Å². The molecule has 1 fully saturated rings. The minimum Gasteiger partial charge on any atom is -0.478 e. The Balaban J connectivity index is 2.33. The fourth-order valence-electron chi connectivity index (χ4n) is 2.70. The van der Waals surface area contributed by atoms with Crippen LogP contribution in [0.4, 0.5) is 5.69 Å². The Morgan fingerprint density at radius 3 is 2.68 bits per heavy atom. The van der Waals surface area contributed by atoms with Crippen LogP contribution in [0, 0.1) is 5.92 Å². The standard InChI is InChI=1S/C14H18N2O5S/c1-2-10-3-4-11(14(18)19)6-12(10)16-7-9(5-13(16)17)8-22(15,20)21/h3-4,6,9H,2,5,7-8H2,1H3,(H,18,19)(H2,15,20,21). The maximum absolute atomic E-state index is 12.2. The fourth-order valence-corrected chi connectivity index (χ4v) is 3.58. The fraction of sp³-hybridized carbons (Fsp3) is 0.429. The highest BCUT2D eigenvalue weighted by Crippen LogP contribution is 2.30. The van der Waals surface area contributed by atoms with Gasteiger partial charge in [-0.1, -0.05) is 13.0 Å². The van der Waals surface area contributed by atoms with Gasteiger partial charge in [0, 0.05) is 24.6 Å². The lowest BCUT2D eigenvalue weighted by atomic mass is 10.1. The van der Waals surface area contributed by atoms with Gasteiger partial charge in [0.2, 0.25) is 15.9 Å². The van der Waals surface area contributed by atoms with E-state index in [2.05, 4.69) is 0 Å². The maximum atomic E-state index is 12.2. The van der Waals surface area contributed by atoms with Crippen LogP contribution in [-0.2, 0) is 21.2 Å². The van der Waals surface area contributed by atoms with Gasteiger partial charge in [-0.2, -0.15) is 0 Å². The van der Waals surface area contributed by atoms with Crippen molar-refractivity contribution >= 4 is 27.6 Å². The van der Waals surface area contributed by atoms with E-state index in [4.69, 9.17) is 10.2 Å². The number of amides is 1. The van der Waals surface area contributed by atoms with Crippen molar-refractivity contribution in [3.8, 4) is 0 Å². The molecule has 1 aliphatic heterocycles. The first kappa shape index (κ1) is 16.4. The highest BCUT2D eigenvalue weighted by atomic mass is 32.2. The number of nitrogens with zero attached hydrogens (tertiary/aromatic N) is 1. The summed E-state index contributed by atoms with van der Waals surface area (Å²) in [5, 5.41) is 14.1. The first-order valence-corrected chi connectivity index (χ1v) is 8.60. The lowest BCUT2D eigenvalue weighted by Gasteiger charge is -2.20. The van der Waals surface area contributed by atoms with Crippen molar-refractivity contribution in [2.45, 2.75) is 19.8 Å². The maximum Gasteiger partial charge on any atom is 0.335 e. The number of sulfonamides is 1. The SMILES string of the molecule is CCc1ccc(C(=O)O)cc1N1CC(CS(N)(=O)=O)CC1=O. The predicted octanol–water partition coefficient (Wildman–Crippen LogP) is 0.589. The highest BCUT2D eigenvalue weighted by Gasteiger charge is 2.33. The van der Waals surface area contributed by atoms with Gasteiger partial charge in [0.05, 0.1) is 11.3 Å². The van der Waals surface area contributed by atoms with Crippen molar-refractivity contribution < 1.29 is 23.1 Å². The molecule has 1 atom stereocenters. The van der Waals surface area contributed by atoms with Gasteiger partial charge in [0.15, 0.2) is 0 Å². The smallest absolute Gasteiger partial charge is 0.335 e. The van der Waals surface area contributed by atoms with Crippen LogP contribution < -0.4 is 10.0 Å². The molecule has 1 amide bonds. The first-order chi connectivity index (χ1) is 10.2. The Bertz CT molecular complexity index is 714. The third-order valence-corrected chi connectivity index (χ3v) is 4.61. The van der Waals surface area contributed by atoms with E-state index in [1.165, 1.54) is 17.0 Å². The molecule has 0 aliphatic carbocycles. The van der Waals surface area contributed by atoms with E-state index in [0.29, 0.717) is 12.1 Å². The minimum atomic E-state index is -3.65. The molecule has 8 heteroatoms. The summed E-state index contributed by atoms with van der Waals surface area (Å²) in [4.78, 5) is 24.7. The average molecular weight is 326 g/mol. The van der Waals surface area contributed by atoms with E-state index < -0.39 is 16.0 Å². The molecule has 0 aromatic heterocycles. The second-order valence-corrected chi connectivity index (χ2v) is 7.07. The van der Waals surface area contributed by atoms with Gasteiger partial charge in [-0.05, 0) is 24.1 Å². The van der Waals surface area contributed by atoms with Crippen molar-refractivity contribution in [1.82, 2.24) is 0 Å². The lowest BCUT2D eigenvalue weighted by molar-refractivity contribution is -0.117. The zero-order chi connectivity index (χ0) is 16.5. The van der Waals surface area contributed by atoms with Gasteiger partial charge >= 0.3 is 5.97 Å². The van der Waals surface area contributed by atoms with Crippen LogP contribution in [0.3, 0.4) is 0 Å². The van der Waals surface area contributed by atoms with Crippen molar-refractivity contribution in [3.63, 3.8) is 0 Å². The van der Waals surface area contributed by atoms with Gasteiger partial charge in [-0.3, -0.25) is 4.79 Å². The molecule has 1 saturated heterocycles. The topological polar surface area (TPSA) is 118 Å². The molecule has 0 bridgehead atoms. The third kappa shape index (κ3) is 3.63. The van der Waals surface area contributed by atoms with Crippen LogP contribution in [0.1, 0.15) is 29.3 Å². The molecule has 22 heavy (non-hydrogen) atoms. The number of primary sulfonamides is 1. The molecular formula is C14H18N2O5S. The minimum absolute atomic E-state index is 0.0925. The Morgan fingerprint density at radius 1 is 1.45 bits per heavy atom. The number of carbonyl (C=O) groups is 2. The quantitative estimate of drug-likeness (QED) is 0.821. The Morgan fingerprint density at radius 2 is 2.14 bits per heavy atom. The summed E-state index contributed by atoms with van der Waals surface area (Å²) in [6, 6.07) is 4.63. The number of aryl methyl sites for hydroxylation is 1.